The van der Waals surface area contributed by atoms with Crippen molar-refractivity contribution in [2.45, 2.75) is 19.9 Å². The molecule has 2 aromatic carbocycles. The van der Waals surface area contributed by atoms with Crippen molar-refractivity contribution in [3.63, 3.8) is 0 Å². The Kier molecular flexibility index (Phi) is 5.77. The Balaban J connectivity index is 1.70. The average Bonchev–Trinajstić information content (AvgIpc) is 3.24. The first kappa shape index (κ1) is 21.3. The van der Waals surface area contributed by atoms with Gasteiger partial charge in [-0.05, 0) is 66.9 Å². The van der Waals surface area contributed by atoms with Crippen LogP contribution >= 0.6 is 0 Å². The molecule has 4 rings (SSSR count). The highest BCUT2D eigenvalue weighted by Gasteiger charge is 2.16. The van der Waals surface area contributed by atoms with E-state index in [1.54, 1.807) is 42.4 Å². The van der Waals surface area contributed by atoms with Gasteiger partial charge in [-0.3, -0.25) is 4.79 Å². The molecule has 0 radical (unpaired) electrons. The quantitative estimate of drug-likeness (QED) is 0.425. The lowest BCUT2D eigenvalue weighted by Gasteiger charge is -2.18. The third-order valence-corrected chi connectivity index (χ3v) is 5.59. The van der Waals surface area contributed by atoms with Crippen LogP contribution in [-0.2, 0) is 0 Å². The van der Waals surface area contributed by atoms with Crippen LogP contribution in [0, 0.1) is 12.7 Å². The number of imidazole rings is 1. The van der Waals surface area contributed by atoms with E-state index in [0.717, 1.165) is 22.5 Å². The number of rotatable bonds is 6. The van der Waals surface area contributed by atoms with Crippen molar-refractivity contribution in [3.8, 4) is 11.4 Å². The smallest absolute Gasteiger partial charge is 0.258 e. The van der Waals surface area contributed by atoms with Crippen molar-refractivity contribution in [2.24, 2.45) is 0 Å². The van der Waals surface area contributed by atoms with Crippen molar-refractivity contribution in [2.75, 3.05) is 7.11 Å². The second kappa shape index (κ2) is 8.67. The van der Waals surface area contributed by atoms with Crippen LogP contribution in [0.4, 0.5) is 4.39 Å². The van der Waals surface area contributed by atoms with E-state index in [9.17, 15) is 9.18 Å². The second-order valence-corrected chi connectivity index (χ2v) is 7.65. The van der Waals surface area contributed by atoms with Crippen molar-refractivity contribution >= 4 is 5.57 Å². The maximum Gasteiger partial charge on any atom is 0.258 e. The van der Waals surface area contributed by atoms with Crippen LogP contribution in [0.1, 0.15) is 35.3 Å². The lowest BCUT2D eigenvalue weighted by Crippen LogP contribution is -2.26. The summed E-state index contributed by atoms with van der Waals surface area (Å²) in [6.45, 7) is 8.02. The van der Waals surface area contributed by atoms with Gasteiger partial charge in [0, 0.05) is 18.0 Å². The number of hydrogen-bond acceptors (Lipinski definition) is 3. The molecule has 0 aliphatic heterocycles. The van der Waals surface area contributed by atoms with E-state index >= 15 is 0 Å². The molecular formula is C26H24FN3O2. The van der Waals surface area contributed by atoms with E-state index in [2.05, 4.69) is 11.6 Å². The Morgan fingerprint density at radius 1 is 1.16 bits per heavy atom. The monoisotopic (exact) mass is 429 g/mol. The van der Waals surface area contributed by atoms with Crippen LogP contribution < -0.4 is 10.3 Å². The molecule has 0 saturated heterocycles. The van der Waals surface area contributed by atoms with Crippen LogP contribution in [0.3, 0.4) is 0 Å². The Hall–Kier alpha value is -3.93. The van der Waals surface area contributed by atoms with Gasteiger partial charge in [-0.1, -0.05) is 24.8 Å². The first-order chi connectivity index (χ1) is 15.4. The van der Waals surface area contributed by atoms with Crippen molar-refractivity contribution in [1.29, 1.82) is 0 Å². The van der Waals surface area contributed by atoms with Crippen LogP contribution in [0.25, 0.3) is 11.3 Å². The molecule has 2 aromatic heterocycles. The SMILES string of the molecule is C=C(c1ccc(-n2cnc(C)c2)c(OC)c1)c1cccn(C(C)c2ccc(F)cc2)c1=O. The molecule has 32 heavy (non-hydrogen) atoms. The molecule has 6 heteroatoms. The normalized spacial score (nSPS) is 11.9. The summed E-state index contributed by atoms with van der Waals surface area (Å²) in [6, 6.07) is 15.2. The molecular weight excluding hydrogens is 405 g/mol. The summed E-state index contributed by atoms with van der Waals surface area (Å²) in [5.74, 6) is 0.343. The molecule has 1 atom stereocenters. The zero-order valence-electron chi connectivity index (χ0n) is 18.2. The summed E-state index contributed by atoms with van der Waals surface area (Å²) in [7, 11) is 1.61. The van der Waals surface area contributed by atoms with Gasteiger partial charge >= 0.3 is 0 Å². The highest BCUT2D eigenvalue weighted by Crippen LogP contribution is 2.29. The predicted octanol–water partition coefficient (Wildman–Crippen LogP) is 5.16. The molecule has 0 bridgehead atoms. The molecule has 4 aromatic rings. The predicted molar refractivity (Wildman–Crippen MR) is 124 cm³/mol. The molecule has 0 fully saturated rings. The molecule has 1 unspecified atom stereocenters. The Bertz CT molecular complexity index is 1340. The van der Waals surface area contributed by atoms with Crippen molar-refractivity contribution in [1.82, 2.24) is 14.1 Å². The van der Waals surface area contributed by atoms with Crippen molar-refractivity contribution in [3.05, 3.63) is 118 Å². The fourth-order valence-electron chi connectivity index (χ4n) is 3.73. The minimum atomic E-state index is -0.307. The summed E-state index contributed by atoms with van der Waals surface area (Å²) >= 11 is 0. The lowest BCUT2D eigenvalue weighted by atomic mass is 9.99. The largest absolute Gasteiger partial charge is 0.495 e. The highest BCUT2D eigenvalue weighted by atomic mass is 19.1. The number of methoxy groups -OCH3 is 1. The number of halogens is 1. The zero-order chi connectivity index (χ0) is 22.8. The fraction of sp³-hybridized carbons (Fsp3) is 0.154. The molecule has 0 saturated carbocycles. The molecule has 0 N–H and O–H groups in total. The summed E-state index contributed by atoms with van der Waals surface area (Å²) in [6.07, 6.45) is 5.38. The van der Waals surface area contributed by atoms with Crippen LogP contribution in [0.15, 0.2) is 84.7 Å². The number of pyridine rings is 1. The standard InChI is InChI=1S/C26H24FN3O2/c1-17-15-29(16-28-17)24-12-9-21(14-25(24)32-4)18(2)23-6-5-13-30(26(23)31)19(3)20-7-10-22(27)11-8-20/h5-16,19H,2H2,1,3-4H3. The van der Waals surface area contributed by atoms with E-state index in [1.807, 2.05) is 48.9 Å². The molecule has 0 aliphatic rings. The molecule has 2 heterocycles. The third kappa shape index (κ3) is 3.99. The van der Waals surface area contributed by atoms with Crippen molar-refractivity contribution < 1.29 is 9.13 Å². The first-order valence-corrected chi connectivity index (χ1v) is 10.2. The number of ether oxygens (including phenoxy) is 1. The maximum absolute atomic E-state index is 13.3. The minimum Gasteiger partial charge on any atom is -0.495 e. The van der Waals surface area contributed by atoms with Gasteiger partial charge < -0.3 is 13.9 Å². The fourth-order valence-corrected chi connectivity index (χ4v) is 3.73. The number of aromatic nitrogens is 3. The lowest BCUT2D eigenvalue weighted by molar-refractivity contribution is 0.412. The van der Waals surface area contributed by atoms with E-state index in [0.29, 0.717) is 16.9 Å². The second-order valence-electron chi connectivity index (χ2n) is 7.65. The average molecular weight is 429 g/mol. The van der Waals surface area contributed by atoms with Gasteiger partial charge in [0.25, 0.3) is 5.56 Å². The minimum absolute atomic E-state index is 0.164. The molecule has 0 aliphatic carbocycles. The number of benzene rings is 2. The van der Waals surface area contributed by atoms with Gasteiger partial charge in [-0.15, -0.1) is 0 Å². The number of aryl methyl sites for hydroxylation is 1. The maximum atomic E-state index is 13.3. The molecule has 5 nitrogen and oxygen atoms in total. The van der Waals surface area contributed by atoms with Crippen LogP contribution in [-0.4, -0.2) is 21.2 Å². The van der Waals surface area contributed by atoms with Gasteiger partial charge in [-0.2, -0.15) is 0 Å². The molecule has 0 spiro atoms. The zero-order valence-corrected chi connectivity index (χ0v) is 18.2. The Labute approximate surface area is 186 Å². The first-order valence-electron chi connectivity index (χ1n) is 10.2. The summed E-state index contributed by atoms with van der Waals surface area (Å²) in [5.41, 5.74) is 4.31. The Morgan fingerprint density at radius 3 is 2.56 bits per heavy atom. The van der Waals surface area contributed by atoms with Crippen LogP contribution in [0.2, 0.25) is 0 Å². The molecule has 162 valence electrons. The summed E-state index contributed by atoms with van der Waals surface area (Å²) in [4.78, 5) is 17.6. The van der Waals surface area contributed by atoms with E-state index in [-0.39, 0.29) is 17.4 Å². The highest BCUT2D eigenvalue weighted by molar-refractivity contribution is 5.79. The third-order valence-electron chi connectivity index (χ3n) is 5.59. The van der Waals surface area contributed by atoms with E-state index in [4.69, 9.17) is 4.74 Å². The van der Waals surface area contributed by atoms with Crippen LogP contribution in [0.5, 0.6) is 5.75 Å². The van der Waals surface area contributed by atoms with Gasteiger partial charge in [0.15, 0.2) is 0 Å². The number of hydrogen-bond donors (Lipinski definition) is 0. The summed E-state index contributed by atoms with van der Waals surface area (Å²) < 4.78 is 22.4. The van der Waals surface area contributed by atoms with E-state index in [1.165, 1.54) is 12.1 Å². The van der Waals surface area contributed by atoms with Gasteiger partial charge in [-0.25, -0.2) is 9.37 Å². The van der Waals surface area contributed by atoms with Gasteiger partial charge in [0.2, 0.25) is 0 Å². The van der Waals surface area contributed by atoms with E-state index < -0.39 is 0 Å². The topological polar surface area (TPSA) is 49.0 Å². The van der Waals surface area contributed by atoms with Gasteiger partial charge in [0.05, 0.1) is 30.9 Å². The Morgan fingerprint density at radius 2 is 1.91 bits per heavy atom. The molecule has 0 amide bonds. The number of nitrogens with zero attached hydrogens (tertiary/aromatic N) is 3. The van der Waals surface area contributed by atoms with Gasteiger partial charge in [0.1, 0.15) is 11.6 Å². The summed E-state index contributed by atoms with van der Waals surface area (Å²) in [5, 5.41) is 0.